The Bertz CT molecular complexity index is 1120. The summed E-state index contributed by atoms with van der Waals surface area (Å²) < 4.78 is 15.9. The minimum Gasteiger partial charge on any atom is -0.490 e. The lowest BCUT2D eigenvalue weighted by Gasteiger charge is -2.23. The monoisotopic (exact) mass is 762 g/mol. The minimum absolute atomic E-state index is 0.193. The summed E-state index contributed by atoms with van der Waals surface area (Å²) in [5, 5.41) is 0. The van der Waals surface area contributed by atoms with Crippen LogP contribution in [0.25, 0.3) is 24.3 Å². The van der Waals surface area contributed by atoms with Crippen molar-refractivity contribution in [2.75, 3.05) is 0 Å². The average molecular weight is 763 g/mol. The summed E-state index contributed by atoms with van der Waals surface area (Å²) in [4.78, 5) is 0. The van der Waals surface area contributed by atoms with Crippen molar-refractivity contribution in [2.24, 2.45) is 0 Å². The van der Waals surface area contributed by atoms with Crippen LogP contribution in [0.3, 0.4) is 0 Å². The SMILES string of the molecule is CCCCC(CC)Oc1cc(/C=C/c2ccc(I)cc2)c(OC(CC)CCCC)cc1/C=C/c1ccc(I)cc1. The van der Waals surface area contributed by atoms with E-state index < -0.39 is 0 Å². The van der Waals surface area contributed by atoms with Crippen LogP contribution in [-0.4, -0.2) is 12.2 Å². The van der Waals surface area contributed by atoms with Gasteiger partial charge in [0.05, 0.1) is 12.2 Å². The molecule has 0 saturated carbocycles. The second kappa shape index (κ2) is 17.9. The average Bonchev–Trinajstić information content (AvgIpc) is 2.97. The smallest absolute Gasteiger partial charge is 0.127 e. The number of hydrogen-bond acceptors (Lipinski definition) is 2. The topological polar surface area (TPSA) is 18.5 Å². The molecule has 2 atom stereocenters. The van der Waals surface area contributed by atoms with Crippen molar-refractivity contribution < 1.29 is 9.47 Å². The Hall–Kier alpha value is -1.80. The van der Waals surface area contributed by atoms with Gasteiger partial charge in [-0.05, 0) is 118 Å². The van der Waals surface area contributed by atoms with Gasteiger partial charge in [-0.3, -0.25) is 0 Å². The molecule has 0 amide bonds. The predicted octanol–water partition coefficient (Wildman–Crippen LogP) is 11.9. The van der Waals surface area contributed by atoms with E-state index in [4.69, 9.17) is 9.47 Å². The van der Waals surface area contributed by atoms with E-state index in [1.807, 2.05) is 0 Å². The van der Waals surface area contributed by atoms with Crippen LogP contribution in [0.5, 0.6) is 11.5 Å². The molecule has 4 heteroatoms. The summed E-state index contributed by atoms with van der Waals surface area (Å²) >= 11 is 4.70. The fourth-order valence-electron chi connectivity index (χ4n) is 4.49. The normalized spacial score (nSPS) is 13.2. The first-order chi connectivity index (χ1) is 19.4. The van der Waals surface area contributed by atoms with Gasteiger partial charge in [-0.1, -0.05) is 102 Å². The van der Waals surface area contributed by atoms with Crippen LogP contribution in [0.15, 0.2) is 60.7 Å². The van der Waals surface area contributed by atoms with Crippen LogP contribution in [0.4, 0.5) is 0 Å². The van der Waals surface area contributed by atoms with Gasteiger partial charge in [0.25, 0.3) is 0 Å². The van der Waals surface area contributed by atoms with Crippen molar-refractivity contribution >= 4 is 69.5 Å². The van der Waals surface area contributed by atoms with Gasteiger partial charge in [0.15, 0.2) is 0 Å². The zero-order valence-corrected chi connectivity index (χ0v) is 28.8. The number of halogens is 2. The molecule has 3 aromatic rings. The van der Waals surface area contributed by atoms with Crippen LogP contribution in [0.2, 0.25) is 0 Å². The molecule has 2 unspecified atom stereocenters. The van der Waals surface area contributed by atoms with Gasteiger partial charge in [0, 0.05) is 18.3 Å². The van der Waals surface area contributed by atoms with Crippen LogP contribution in [0, 0.1) is 7.14 Å². The third-order valence-corrected chi connectivity index (χ3v) is 8.49. The van der Waals surface area contributed by atoms with Crippen molar-refractivity contribution in [3.8, 4) is 11.5 Å². The molecule has 0 heterocycles. The van der Waals surface area contributed by atoms with E-state index in [1.165, 1.54) is 44.0 Å². The zero-order chi connectivity index (χ0) is 28.7. The van der Waals surface area contributed by atoms with Crippen molar-refractivity contribution in [1.82, 2.24) is 0 Å². The highest BCUT2D eigenvalue weighted by molar-refractivity contribution is 14.1. The molecule has 3 aromatic carbocycles. The summed E-state index contributed by atoms with van der Waals surface area (Å²) in [6.07, 6.45) is 17.9. The van der Waals surface area contributed by atoms with E-state index >= 15 is 0 Å². The maximum absolute atomic E-state index is 6.72. The lowest BCUT2D eigenvalue weighted by Crippen LogP contribution is -2.17. The van der Waals surface area contributed by atoms with Crippen LogP contribution < -0.4 is 9.47 Å². The van der Waals surface area contributed by atoms with E-state index in [2.05, 4.69) is 158 Å². The molecule has 0 fully saturated rings. The molecule has 0 aliphatic heterocycles. The standard InChI is InChI=1S/C36H44I2O2/c1-5-9-11-33(7-3)39-35-25-30(20-14-28-17-23-32(38)24-18-28)36(40-34(8-4)12-10-6-2)26-29(35)19-13-27-15-21-31(37)22-16-27/h13-26,33-34H,5-12H2,1-4H3/b19-13+,20-14+. The van der Waals surface area contributed by atoms with Gasteiger partial charge in [0.1, 0.15) is 11.5 Å². The maximum Gasteiger partial charge on any atom is 0.127 e. The van der Waals surface area contributed by atoms with Gasteiger partial charge >= 0.3 is 0 Å². The van der Waals surface area contributed by atoms with Gasteiger partial charge < -0.3 is 9.47 Å². The van der Waals surface area contributed by atoms with Crippen molar-refractivity contribution in [3.63, 3.8) is 0 Å². The minimum atomic E-state index is 0.193. The van der Waals surface area contributed by atoms with Crippen LogP contribution in [-0.2, 0) is 0 Å². The second-order valence-corrected chi connectivity index (χ2v) is 12.8. The Morgan fingerprint density at radius 2 is 0.950 bits per heavy atom. The summed E-state index contributed by atoms with van der Waals surface area (Å²) in [5.41, 5.74) is 4.45. The van der Waals surface area contributed by atoms with Crippen LogP contribution >= 0.6 is 45.2 Å². The highest BCUT2D eigenvalue weighted by Gasteiger charge is 2.16. The first-order valence-electron chi connectivity index (χ1n) is 14.8. The molecular formula is C36H44I2O2. The highest BCUT2D eigenvalue weighted by Crippen LogP contribution is 2.35. The molecule has 0 saturated heterocycles. The first-order valence-corrected chi connectivity index (χ1v) is 17.0. The summed E-state index contributed by atoms with van der Waals surface area (Å²) in [7, 11) is 0. The van der Waals surface area contributed by atoms with Gasteiger partial charge in [-0.25, -0.2) is 0 Å². The molecule has 2 nitrogen and oxygen atoms in total. The largest absolute Gasteiger partial charge is 0.490 e. The molecule has 40 heavy (non-hydrogen) atoms. The number of hydrogen-bond donors (Lipinski definition) is 0. The Balaban J connectivity index is 2.07. The van der Waals surface area contributed by atoms with E-state index in [0.29, 0.717) is 0 Å². The molecule has 0 bridgehead atoms. The highest BCUT2D eigenvalue weighted by atomic mass is 127. The van der Waals surface area contributed by atoms with E-state index in [-0.39, 0.29) is 12.2 Å². The third-order valence-electron chi connectivity index (χ3n) is 7.05. The maximum atomic E-state index is 6.72. The zero-order valence-electron chi connectivity index (χ0n) is 24.5. The van der Waals surface area contributed by atoms with Gasteiger partial charge in [0.2, 0.25) is 0 Å². The molecule has 0 spiro atoms. The molecule has 3 rings (SSSR count). The fourth-order valence-corrected chi connectivity index (χ4v) is 5.21. The molecule has 0 N–H and O–H groups in total. The fraction of sp³-hybridized carbons (Fsp3) is 0.389. The van der Waals surface area contributed by atoms with Crippen molar-refractivity contribution in [3.05, 3.63) is 90.1 Å². The predicted molar refractivity (Wildman–Crippen MR) is 191 cm³/mol. The van der Waals surface area contributed by atoms with E-state index in [9.17, 15) is 0 Å². The molecule has 0 aliphatic rings. The summed E-state index contributed by atoms with van der Waals surface area (Å²) in [5.74, 6) is 1.84. The summed E-state index contributed by atoms with van der Waals surface area (Å²) in [6.45, 7) is 8.92. The van der Waals surface area contributed by atoms with E-state index in [1.54, 1.807) is 0 Å². The lowest BCUT2D eigenvalue weighted by atomic mass is 10.0. The summed E-state index contributed by atoms with van der Waals surface area (Å²) in [6, 6.07) is 21.6. The number of unbranched alkanes of at least 4 members (excludes halogenated alkanes) is 2. The molecular weight excluding hydrogens is 718 g/mol. The Morgan fingerprint density at radius 3 is 1.27 bits per heavy atom. The first kappa shape index (κ1) is 32.7. The van der Waals surface area contributed by atoms with E-state index in [0.717, 1.165) is 48.3 Å². The van der Waals surface area contributed by atoms with Gasteiger partial charge in [-0.2, -0.15) is 0 Å². The molecule has 214 valence electrons. The van der Waals surface area contributed by atoms with Gasteiger partial charge in [-0.15, -0.1) is 0 Å². The van der Waals surface area contributed by atoms with Crippen molar-refractivity contribution in [2.45, 2.75) is 91.3 Å². The van der Waals surface area contributed by atoms with Crippen LogP contribution in [0.1, 0.15) is 101 Å². The lowest BCUT2D eigenvalue weighted by molar-refractivity contribution is 0.177. The Morgan fingerprint density at radius 1 is 0.575 bits per heavy atom. The molecule has 0 aliphatic carbocycles. The second-order valence-electron chi connectivity index (χ2n) is 10.3. The Kier molecular flexibility index (Phi) is 14.6. The van der Waals surface area contributed by atoms with Crippen molar-refractivity contribution in [1.29, 1.82) is 0 Å². The number of rotatable bonds is 16. The molecule has 0 aromatic heterocycles. The third kappa shape index (κ3) is 10.9. The number of ether oxygens (including phenoxy) is 2. The molecule has 0 radical (unpaired) electrons. The quantitative estimate of drug-likeness (QED) is 0.107. The Labute approximate surface area is 269 Å². The number of benzene rings is 3.